The van der Waals surface area contributed by atoms with Crippen LogP contribution in [0.5, 0.6) is 0 Å². The summed E-state index contributed by atoms with van der Waals surface area (Å²) in [6.07, 6.45) is 8.56. The Kier molecular flexibility index (Phi) is 4.27. The maximum Gasteiger partial charge on any atom is 0.226 e. The first kappa shape index (κ1) is 14.8. The van der Waals surface area contributed by atoms with Gasteiger partial charge in [0.25, 0.3) is 0 Å². The SMILES string of the molecule is Nc1ccc(CC2CC(=O)NC(=O)C2)cc1C1=CCCCC1. The van der Waals surface area contributed by atoms with Crippen LogP contribution >= 0.6 is 0 Å². The summed E-state index contributed by atoms with van der Waals surface area (Å²) in [5.41, 5.74) is 10.6. The fourth-order valence-electron chi connectivity index (χ4n) is 3.42. The first-order valence-electron chi connectivity index (χ1n) is 8.02. The van der Waals surface area contributed by atoms with Crippen molar-refractivity contribution < 1.29 is 9.59 Å². The summed E-state index contributed by atoms with van der Waals surface area (Å²) < 4.78 is 0. The molecule has 116 valence electrons. The molecule has 3 rings (SSSR count). The van der Waals surface area contributed by atoms with Crippen molar-refractivity contribution in [3.8, 4) is 0 Å². The quantitative estimate of drug-likeness (QED) is 0.666. The van der Waals surface area contributed by atoms with Crippen molar-refractivity contribution in [2.45, 2.75) is 44.9 Å². The lowest BCUT2D eigenvalue weighted by molar-refractivity contribution is -0.134. The van der Waals surface area contributed by atoms with Crippen LogP contribution in [0.2, 0.25) is 0 Å². The number of carbonyl (C=O) groups is 2. The molecule has 1 aromatic carbocycles. The molecule has 1 saturated heterocycles. The molecular formula is C18H22N2O2. The molecule has 2 aliphatic rings. The van der Waals surface area contributed by atoms with Gasteiger partial charge in [0.2, 0.25) is 11.8 Å². The second kappa shape index (κ2) is 6.34. The predicted octanol–water partition coefficient (Wildman–Crippen LogP) is 2.82. The fourth-order valence-corrected chi connectivity index (χ4v) is 3.42. The lowest BCUT2D eigenvalue weighted by atomic mass is 9.87. The molecule has 0 bridgehead atoms. The third kappa shape index (κ3) is 3.38. The predicted molar refractivity (Wildman–Crippen MR) is 86.9 cm³/mol. The van der Waals surface area contributed by atoms with Gasteiger partial charge in [0.15, 0.2) is 0 Å². The Hall–Kier alpha value is -2.10. The first-order valence-corrected chi connectivity index (χ1v) is 8.02. The molecule has 1 fully saturated rings. The maximum atomic E-state index is 11.5. The van der Waals surface area contributed by atoms with E-state index in [-0.39, 0.29) is 17.7 Å². The number of anilines is 1. The van der Waals surface area contributed by atoms with Crippen LogP contribution in [0.1, 0.15) is 49.7 Å². The van der Waals surface area contributed by atoms with E-state index in [0.717, 1.165) is 36.1 Å². The number of nitrogen functional groups attached to an aromatic ring is 1. The third-order valence-electron chi connectivity index (χ3n) is 4.51. The molecule has 0 aromatic heterocycles. The zero-order valence-electron chi connectivity index (χ0n) is 12.7. The van der Waals surface area contributed by atoms with Gasteiger partial charge in [-0.1, -0.05) is 12.1 Å². The second-order valence-electron chi connectivity index (χ2n) is 6.35. The summed E-state index contributed by atoms with van der Waals surface area (Å²) >= 11 is 0. The monoisotopic (exact) mass is 298 g/mol. The topological polar surface area (TPSA) is 72.2 Å². The standard InChI is InChI=1S/C18H22N2O2/c19-16-7-6-12(8-13-10-17(21)20-18(22)11-13)9-15(16)14-4-2-1-3-5-14/h4,6-7,9,13H,1-3,5,8,10-11,19H2,(H,20,21,22). The van der Waals surface area contributed by atoms with E-state index in [1.165, 1.54) is 18.4 Å². The third-order valence-corrected chi connectivity index (χ3v) is 4.51. The molecule has 4 heteroatoms. The molecule has 0 radical (unpaired) electrons. The highest BCUT2D eigenvalue weighted by Crippen LogP contribution is 2.32. The van der Waals surface area contributed by atoms with E-state index >= 15 is 0 Å². The largest absolute Gasteiger partial charge is 0.398 e. The highest BCUT2D eigenvalue weighted by molar-refractivity contribution is 5.97. The number of hydrogen-bond acceptors (Lipinski definition) is 3. The Morgan fingerprint density at radius 1 is 1.14 bits per heavy atom. The van der Waals surface area contributed by atoms with Crippen LogP contribution in [0.3, 0.4) is 0 Å². The Balaban J connectivity index is 1.78. The Labute approximate surface area is 130 Å². The fraction of sp³-hybridized carbons (Fsp3) is 0.444. The van der Waals surface area contributed by atoms with Crippen LogP contribution < -0.4 is 11.1 Å². The van der Waals surface area contributed by atoms with Crippen molar-refractivity contribution in [2.24, 2.45) is 5.92 Å². The maximum absolute atomic E-state index is 11.5. The van der Waals surface area contributed by atoms with Crippen LogP contribution in [0.15, 0.2) is 24.3 Å². The molecule has 2 amide bonds. The molecule has 0 saturated carbocycles. The highest BCUT2D eigenvalue weighted by atomic mass is 16.2. The highest BCUT2D eigenvalue weighted by Gasteiger charge is 2.25. The number of benzene rings is 1. The van der Waals surface area contributed by atoms with Gasteiger partial charge in [0, 0.05) is 24.1 Å². The average molecular weight is 298 g/mol. The Bertz CT molecular complexity index is 618. The number of amides is 2. The van der Waals surface area contributed by atoms with Crippen molar-refractivity contribution in [3.05, 3.63) is 35.4 Å². The molecule has 4 nitrogen and oxygen atoms in total. The number of hydrogen-bond donors (Lipinski definition) is 2. The van der Waals surface area contributed by atoms with Crippen LogP contribution in [-0.2, 0) is 16.0 Å². The Morgan fingerprint density at radius 2 is 1.91 bits per heavy atom. The molecule has 22 heavy (non-hydrogen) atoms. The van der Waals surface area contributed by atoms with E-state index in [9.17, 15) is 9.59 Å². The number of imide groups is 1. The van der Waals surface area contributed by atoms with Gasteiger partial charge < -0.3 is 5.73 Å². The van der Waals surface area contributed by atoms with Crippen molar-refractivity contribution >= 4 is 23.1 Å². The van der Waals surface area contributed by atoms with Gasteiger partial charge in [-0.3, -0.25) is 14.9 Å². The van der Waals surface area contributed by atoms with E-state index < -0.39 is 0 Å². The van der Waals surface area contributed by atoms with Crippen LogP contribution in [-0.4, -0.2) is 11.8 Å². The van der Waals surface area contributed by atoms with Gasteiger partial charge in [0.1, 0.15) is 0 Å². The molecule has 1 heterocycles. The Morgan fingerprint density at radius 3 is 2.59 bits per heavy atom. The second-order valence-corrected chi connectivity index (χ2v) is 6.35. The number of nitrogens with two attached hydrogens (primary N) is 1. The van der Waals surface area contributed by atoms with Gasteiger partial charge in [-0.15, -0.1) is 0 Å². The smallest absolute Gasteiger partial charge is 0.226 e. The molecule has 3 N–H and O–H groups in total. The van der Waals surface area contributed by atoms with Gasteiger partial charge in [0.05, 0.1) is 0 Å². The minimum atomic E-state index is -0.160. The number of rotatable bonds is 3. The summed E-state index contributed by atoms with van der Waals surface area (Å²) in [7, 11) is 0. The summed E-state index contributed by atoms with van der Waals surface area (Å²) in [6.45, 7) is 0. The number of piperidine rings is 1. The molecule has 1 aliphatic carbocycles. The zero-order chi connectivity index (χ0) is 15.5. The minimum absolute atomic E-state index is 0.0954. The lowest BCUT2D eigenvalue weighted by Crippen LogP contribution is -2.39. The van der Waals surface area contributed by atoms with Crippen LogP contribution in [0.25, 0.3) is 5.57 Å². The van der Waals surface area contributed by atoms with Crippen molar-refractivity contribution in [1.29, 1.82) is 0 Å². The minimum Gasteiger partial charge on any atom is -0.398 e. The van der Waals surface area contributed by atoms with E-state index in [2.05, 4.69) is 17.5 Å². The van der Waals surface area contributed by atoms with Crippen LogP contribution in [0.4, 0.5) is 5.69 Å². The van der Waals surface area contributed by atoms with Gasteiger partial charge in [-0.05, 0) is 61.3 Å². The van der Waals surface area contributed by atoms with E-state index in [4.69, 9.17) is 5.73 Å². The molecule has 0 unspecified atom stereocenters. The molecule has 0 atom stereocenters. The van der Waals surface area contributed by atoms with E-state index in [0.29, 0.717) is 12.8 Å². The van der Waals surface area contributed by atoms with Crippen molar-refractivity contribution in [3.63, 3.8) is 0 Å². The summed E-state index contributed by atoms with van der Waals surface area (Å²) in [4.78, 5) is 23.0. The average Bonchev–Trinajstić information content (AvgIpc) is 2.49. The number of nitrogens with one attached hydrogen (secondary N) is 1. The summed E-state index contributed by atoms with van der Waals surface area (Å²) in [5, 5.41) is 2.36. The zero-order valence-corrected chi connectivity index (χ0v) is 12.7. The summed E-state index contributed by atoms with van der Waals surface area (Å²) in [5.74, 6) is -0.225. The summed E-state index contributed by atoms with van der Waals surface area (Å²) in [6, 6.07) is 6.10. The number of carbonyl (C=O) groups excluding carboxylic acids is 2. The van der Waals surface area contributed by atoms with Crippen molar-refractivity contribution in [2.75, 3.05) is 5.73 Å². The van der Waals surface area contributed by atoms with E-state index in [1.807, 2.05) is 12.1 Å². The van der Waals surface area contributed by atoms with Gasteiger partial charge >= 0.3 is 0 Å². The van der Waals surface area contributed by atoms with Crippen LogP contribution in [0, 0.1) is 5.92 Å². The molecule has 0 spiro atoms. The number of allylic oxidation sites excluding steroid dienone is 2. The van der Waals surface area contributed by atoms with Crippen molar-refractivity contribution in [1.82, 2.24) is 5.32 Å². The van der Waals surface area contributed by atoms with E-state index in [1.54, 1.807) is 0 Å². The molecular weight excluding hydrogens is 276 g/mol. The van der Waals surface area contributed by atoms with Gasteiger partial charge in [-0.25, -0.2) is 0 Å². The normalized spacial score (nSPS) is 19.7. The lowest BCUT2D eigenvalue weighted by Gasteiger charge is -2.22. The molecule has 1 aromatic rings. The first-order chi connectivity index (χ1) is 10.6. The molecule has 1 aliphatic heterocycles. The van der Waals surface area contributed by atoms with Gasteiger partial charge in [-0.2, -0.15) is 0 Å².